The van der Waals surface area contributed by atoms with Crippen LogP contribution in [0.4, 0.5) is 0 Å². The topological polar surface area (TPSA) is 58.9 Å². The first kappa shape index (κ1) is 21.3. The van der Waals surface area contributed by atoms with E-state index in [9.17, 15) is 10.2 Å². The van der Waals surface area contributed by atoms with Crippen molar-refractivity contribution in [2.24, 2.45) is 11.8 Å². The van der Waals surface area contributed by atoms with E-state index in [0.29, 0.717) is 52.1 Å². The number of aliphatic hydroxyl groups is 2. The molecule has 2 N–H and O–H groups in total. The summed E-state index contributed by atoms with van der Waals surface area (Å²) in [5.41, 5.74) is 0. The number of alkyl halides is 4. The Hall–Kier alpha value is 1.00. The number of hydrogen-bond acceptors (Lipinski definition) is 4. The van der Waals surface area contributed by atoms with E-state index in [4.69, 9.17) is 55.9 Å². The molecule has 0 aromatic carbocycles. The van der Waals surface area contributed by atoms with E-state index < -0.39 is 12.2 Å². The standard InChI is InChI=1S/C16H26Cl4O4/c17-11-3-9(15(21)13(19)5-11)7-23-1-2-24-8-10-4-12(18)6-14(20)16(10)22/h9-16,21-22H,1-8H2. The van der Waals surface area contributed by atoms with Crippen LogP contribution in [-0.2, 0) is 9.47 Å². The fourth-order valence-electron chi connectivity index (χ4n) is 3.41. The molecule has 0 aromatic rings. The van der Waals surface area contributed by atoms with Crippen molar-refractivity contribution in [2.45, 2.75) is 59.4 Å². The van der Waals surface area contributed by atoms with E-state index in [-0.39, 0.29) is 33.3 Å². The molecular formula is C16H26Cl4O4. The molecule has 0 heterocycles. The predicted octanol–water partition coefficient (Wildman–Crippen LogP) is 2.99. The van der Waals surface area contributed by atoms with E-state index in [1.807, 2.05) is 0 Å². The minimum Gasteiger partial charge on any atom is -0.391 e. The minimum atomic E-state index is -0.582. The fourth-order valence-corrected chi connectivity index (χ4v) is 5.27. The zero-order valence-corrected chi connectivity index (χ0v) is 16.5. The van der Waals surface area contributed by atoms with Crippen molar-refractivity contribution in [1.82, 2.24) is 0 Å². The Morgan fingerprint density at radius 3 is 1.42 bits per heavy atom. The summed E-state index contributed by atoms with van der Waals surface area (Å²) in [5, 5.41) is 19.4. The van der Waals surface area contributed by atoms with Crippen LogP contribution < -0.4 is 0 Å². The van der Waals surface area contributed by atoms with Crippen LogP contribution in [0.1, 0.15) is 25.7 Å². The Labute approximate surface area is 163 Å². The highest BCUT2D eigenvalue weighted by atomic mass is 35.5. The van der Waals surface area contributed by atoms with Gasteiger partial charge in [-0.3, -0.25) is 0 Å². The van der Waals surface area contributed by atoms with Crippen molar-refractivity contribution in [3.63, 3.8) is 0 Å². The molecular weight excluding hydrogens is 398 g/mol. The molecule has 0 bridgehead atoms. The summed E-state index contributed by atoms with van der Waals surface area (Å²) in [7, 11) is 0. The maximum atomic E-state index is 10.1. The van der Waals surface area contributed by atoms with Gasteiger partial charge in [0.05, 0.1) is 49.4 Å². The monoisotopic (exact) mass is 422 g/mol. The molecule has 8 unspecified atom stereocenters. The first-order valence-electron chi connectivity index (χ1n) is 8.46. The molecule has 2 rings (SSSR count). The average molecular weight is 424 g/mol. The molecule has 0 amide bonds. The van der Waals surface area contributed by atoms with Gasteiger partial charge in [0.1, 0.15) is 0 Å². The predicted molar refractivity (Wildman–Crippen MR) is 97.7 cm³/mol. The van der Waals surface area contributed by atoms with E-state index in [0.717, 1.165) is 0 Å². The van der Waals surface area contributed by atoms with Gasteiger partial charge in [-0.15, -0.1) is 46.4 Å². The molecule has 8 atom stereocenters. The number of rotatable bonds is 7. The van der Waals surface area contributed by atoms with Gasteiger partial charge < -0.3 is 19.7 Å². The number of ether oxygens (including phenoxy) is 2. The number of aliphatic hydroxyl groups excluding tert-OH is 2. The van der Waals surface area contributed by atoms with Gasteiger partial charge in [-0.25, -0.2) is 0 Å². The largest absolute Gasteiger partial charge is 0.391 e. The second-order valence-electron chi connectivity index (χ2n) is 6.82. The Bertz CT molecular complexity index is 342. The van der Waals surface area contributed by atoms with Crippen molar-refractivity contribution < 1.29 is 19.7 Å². The zero-order valence-electron chi connectivity index (χ0n) is 13.5. The summed E-state index contributed by atoms with van der Waals surface area (Å²) < 4.78 is 11.2. The highest BCUT2D eigenvalue weighted by Crippen LogP contribution is 2.33. The molecule has 0 aromatic heterocycles. The molecule has 4 nitrogen and oxygen atoms in total. The normalized spacial score (nSPS) is 43.8. The lowest BCUT2D eigenvalue weighted by molar-refractivity contribution is -0.0308. The van der Waals surface area contributed by atoms with Gasteiger partial charge in [0.2, 0.25) is 0 Å². The lowest BCUT2D eigenvalue weighted by Gasteiger charge is -2.34. The van der Waals surface area contributed by atoms with Crippen molar-refractivity contribution >= 4 is 46.4 Å². The van der Waals surface area contributed by atoms with Crippen molar-refractivity contribution in [3.8, 4) is 0 Å². The van der Waals surface area contributed by atoms with Gasteiger partial charge in [0, 0.05) is 22.6 Å². The third kappa shape index (κ3) is 6.31. The molecule has 0 aliphatic heterocycles. The second-order valence-corrected chi connectivity index (χ2v) is 9.18. The molecule has 24 heavy (non-hydrogen) atoms. The van der Waals surface area contributed by atoms with Crippen LogP contribution in [-0.4, -0.2) is 70.4 Å². The van der Waals surface area contributed by atoms with Gasteiger partial charge >= 0.3 is 0 Å². The lowest BCUT2D eigenvalue weighted by atomic mass is 9.86. The van der Waals surface area contributed by atoms with Gasteiger partial charge in [0.25, 0.3) is 0 Å². The minimum absolute atomic E-state index is 0.0134. The van der Waals surface area contributed by atoms with Crippen LogP contribution in [0.5, 0.6) is 0 Å². The highest BCUT2D eigenvalue weighted by molar-refractivity contribution is 6.24. The Morgan fingerprint density at radius 2 is 1.04 bits per heavy atom. The van der Waals surface area contributed by atoms with Crippen LogP contribution in [0, 0.1) is 11.8 Å². The number of hydrogen-bond donors (Lipinski definition) is 2. The average Bonchev–Trinajstić information content (AvgIpc) is 2.51. The van der Waals surface area contributed by atoms with Crippen molar-refractivity contribution in [2.75, 3.05) is 26.4 Å². The Kier molecular flexibility index (Phi) is 9.20. The molecule has 2 aliphatic rings. The van der Waals surface area contributed by atoms with Crippen LogP contribution >= 0.6 is 46.4 Å². The lowest BCUT2D eigenvalue weighted by Crippen LogP contribution is -2.41. The molecule has 2 fully saturated rings. The van der Waals surface area contributed by atoms with Gasteiger partial charge in [0.15, 0.2) is 0 Å². The maximum absolute atomic E-state index is 10.1. The highest BCUT2D eigenvalue weighted by Gasteiger charge is 2.36. The van der Waals surface area contributed by atoms with E-state index >= 15 is 0 Å². The molecule has 0 radical (unpaired) electrons. The summed E-state index contributed by atoms with van der Waals surface area (Å²) >= 11 is 24.4. The molecule has 142 valence electrons. The first-order chi connectivity index (χ1) is 11.4. The Balaban J connectivity index is 1.58. The quantitative estimate of drug-likeness (QED) is 0.488. The van der Waals surface area contributed by atoms with Crippen molar-refractivity contribution in [3.05, 3.63) is 0 Å². The van der Waals surface area contributed by atoms with E-state index in [1.165, 1.54) is 0 Å². The van der Waals surface area contributed by atoms with Gasteiger partial charge in [-0.2, -0.15) is 0 Å². The maximum Gasteiger partial charge on any atom is 0.0754 e. The molecule has 2 saturated carbocycles. The SMILES string of the molecule is OC1C(Cl)CC(Cl)CC1COCCOCC1CC(Cl)CC(Cl)C1O. The summed E-state index contributed by atoms with van der Waals surface area (Å²) in [5.74, 6) is -0.0872. The smallest absolute Gasteiger partial charge is 0.0754 e. The molecule has 0 saturated heterocycles. The summed E-state index contributed by atoms with van der Waals surface area (Å²) in [6.45, 7) is 1.66. The van der Waals surface area contributed by atoms with Gasteiger partial charge in [-0.05, 0) is 25.7 Å². The zero-order chi connectivity index (χ0) is 17.7. The first-order valence-corrected chi connectivity index (χ1v) is 10.2. The molecule has 2 aliphatic carbocycles. The van der Waals surface area contributed by atoms with Gasteiger partial charge in [-0.1, -0.05) is 0 Å². The van der Waals surface area contributed by atoms with Crippen molar-refractivity contribution in [1.29, 1.82) is 0 Å². The number of halogens is 4. The fraction of sp³-hybridized carbons (Fsp3) is 1.00. The molecule has 0 spiro atoms. The third-order valence-corrected chi connectivity index (χ3v) is 6.41. The van der Waals surface area contributed by atoms with E-state index in [2.05, 4.69) is 0 Å². The van der Waals surface area contributed by atoms with Crippen LogP contribution in [0.3, 0.4) is 0 Å². The Morgan fingerprint density at radius 1 is 0.667 bits per heavy atom. The second kappa shape index (κ2) is 10.4. The van der Waals surface area contributed by atoms with Crippen LogP contribution in [0.25, 0.3) is 0 Å². The third-order valence-electron chi connectivity index (χ3n) is 4.82. The summed E-state index contributed by atoms with van der Waals surface area (Å²) in [4.78, 5) is 0. The molecule has 8 heteroatoms. The summed E-state index contributed by atoms with van der Waals surface area (Å²) in [6.07, 6.45) is 1.49. The van der Waals surface area contributed by atoms with Crippen LogP contribution in [0.15, 0.2) is 0 Å². The van der Waals surface area contributed by atoms with E-state index in [1.54, 1.807) is 0 Å². The summed E-state index contributed by atoms with van der Waals surface area (Å²) in [6, 6.07) is 0. The van der Waals surface area contributed by atoms with Crippen LogP contribution in [0.2, 0.25) is 0 Å².